The Morgan fingerprint density at radius 2 is 1.92 bits per heavy atom. The first kappa shape index (κ1) is 18.1. The van der Waals surface area contributed by atoms with Crippen molar-refractivity contribution in [3.05, 3.63) is 0 Å². The summed E-state index contributed by atoms with van der Waals surface area (Å²) in [6.07, 6.45) is 8.90. The Hall–Kier alpha value is -0.320. The average molecular weight is 366 g/mol. The van der Waals surface area contributed by atoms with Crippen LogP contribution in [0.3, 0.4) is 0 Å². The van der Waals surface area contributed by atoms with Gasteiger partial charge in [0.05, 0.1) is 12.2 Å². The molecule has 25 heavy (non-hydrogen) atoms. The predicted molar refractivity (Wildman–Crippen MR) is 98.6 cm³/mol. The molecule has 0 spiro atoms. The van der Waals surface area contributed by atoms with E-state index < -0.39 is 0 Å². The Morgan fingerprint density at radius 1 is 1.20 bits per heavy atom. The van der Waals surface area contributed by atoms with Crippen molar-refractivity contribution in [1.29, 1.82) is 5.26 Å². The van der Waals surface area contributed by atoms with Gasteiger partial charge in [-0.05, 0) is 62.7 Å². The summed E-state index contributed by atoms with van der Waals surface area (Å²) in [5.41, 5.74) is 0.585. The van der Waals surface area contributed by atoms with Crippen molar-refractivity contribution < 1.29 is 9.84 Å². The highest BCUT2D eigenvalue weighted by molar-refractivity contribution is 8.00. The molecule has 4 unspecified atom stereocenters. The van der Waals surface area contributed by atoms with Crippen LogP contribution in [0.5, 0.6) is 0 Å². The smallest absolute Gasteiger partial charge is 0.137 e. The first-order valence-electron chi connectivity index (χ1n) is 9.94. The second kappa shape index (κ2) is 7.36. The molecule has 2 aliphatic carbocycles. The summed E-state index contributed by atoms with van der Waals surface area (Å²) in [7, 11) is 0. The summed E-state index contributed by atoms with van der Waals surface area (Å²) in [6, 6.07) is 2.93. The first-order chi connectivity index (χ1) is 12.1. The summed E-state index contributed by atoms with van der Waals surface area (Å²) >= 11 is 1.96. The van der Waals surface area contributed by atoms with Gasteiger partial charge in [0.2, 0.25) is 0 Å². The minimum absolute atomic E-state index is 0.0900. The van der Waals surface area contributed by atoms with Gasteiger partial charge in [-0.2, -0.15) is 5.26 Å². The second-order valence-corrected chi connectivity index (χ2v) is 9.88. The standard InChI is InChI=1S/C19H31N3O2S/c1-19(8-6-14(23)7-9-19)15-11-25-18(21-15)22-17-16(24-17)13-4-2-12(10-20)3-5-13/h12-18,21-23H,2-9,11H2,1H3. The van der Waals surface area contributed by atoms with Gasteiger partial charge in [0.15, 0.2) is 0 Å². The number of nitrogens with zero attached hydrogens (tertiary/aromatic N) is 1. The van der Waals surface area contributed by atoms with E-state index in [9.17, 15) is 5.11 Å². The van der Waals surface area contributed by atoms with Gasteiger partial charge in [0, 0.05) is 17.7 Å². The quantitative estimate of drug-likeness (QED) is 0.665. The van der Waals surface area contributed by atoms with Crippen molar-refractivity contribution in [3.63, 3.8) is 0 Å². The van der Waals surface area contributed by atoms with Crippen LogP contribution in [-0.4, -0.2) is 40.8 Å². The van der Waals surface area contributed by atoms with E-state index >= 15 is 0 Å². The van der Waals surface area contributed by atoms with Crippen molar-refractivity contribution in [2.75, 3.05) is 5.75 Å². The molecule has 2 saturated heterocycles. The molecule has 6 heteroatoms. The van der Waals surface area contributed by atoms with Crippen LogP contribution < -0.4 is 10.6 Å². The van der Waals surface area contributed by atoms with Gasteiger partial charge in [0.25, 0.3) is 0 Å². The van der Waals surface area contributed by atoms with E-state index in [1.54, 1.807) is 0 Å². The average Bonchev–Trinajstić information content (AvgIpc) is 3.22. The van der Waals surface area contributed by atoms with Gasteiger partial charge in [-0.15, -0.1) is 11.8 Å². The van der Waals surface area contributed by atoms with Crippen LogP contribution >= 0.6 is 11.8 Å². The van der Waals surface area contributed by atoms with Crippen LogP contribution in [0.25, 0.3) is 0 Å². The topological polar surface area (TPSA) is 80.6 Å². The maximum absolute atomic E-state index is 9.78. The molecule has 3 N–H and O–H groups in total. The lowest BCUT2D eigenvalue weighted by molar-refractivity contribution is 0.0546. The van der Waals surface area contributed by atoms with Gasteiger partial charge in [-0.3, -0.25) is 10.6 Å². The van der Waals surface area contributed by atoms with E-state index in [2.05, 4.69) is 23.6 Å². The van der Waals surface area contributed by atoms with E-state index in [1.807, 2.05) is 11.8 Å². The van der Waals surface area contributed by atoms with E-state index in [4.69, 9.17) is 10.00 Å². The highest BCUT2D eigenvalue weighted by Crippen LogP contribution is 2.43. The third-order valence-corrected chi connectivity index (χ3v) is 8.11. The monoisotopic (exact) mass is 365 g/mol. The van der Waals surface area contributed by atoms with Crippen LogP contribution in [0.1, 0.15) is 58.3 Å². The molecular formula is C19H31N3O2S. The van der Waals surface area contributed by atoms with Crippen molar-refractivity contribution in [1.82, 2.24) is 10.6 Å². The molecule has 0 aromatic rings. The SMILES string of the molecule is CC1(C2CSC(NC3OC3C3CCC(C#N)CC3)N2)CCC(O)CC1. The molecule has 0 amide bonds. The maximum atomic E-state index is 9.78. The van der Waals surface area contributed by atoms with Crippen molar-refractivity contribution in [2.24, 2.45) is 17.3 Å². The lowest BCUT2D eigenvalue weighted by Gasteiger charge is -2.40. The zero-order valence-electron chi connectivity index (χ0n) is 15.1. The Bertz CT molecular complexity index is 509. The molecule has 0 bridgehead atoms. The molecule has 5 nitrogen and oxygen atoms in total. The van der Waals surface area contributed by atoms with E-state index in [-0.39, 0.29) is 23.7 Å². The Balaban J connectivity index is 1.21. The number of nitrogens with one attached hydrogen (secondary N) is 2. The number of nitriles is 1. The Labute approximate surface area is 155 Å². The van der Waals surface area contributed by atoms with Crippen LogP contribution in [0.2, 0.25) is 0 Å². The van der Waals surface area contributed by atoms with Crippen LogP contribution in [0.15, 0.2) is 0 Å². The molecule has 2 heterocycles. The highest BCUT2D eigenvalue weighted by atomic mass is 32.2. The summed E-state index contributed by atoms with van der Waals surface area (Å²) in [6.45, 7) is 2.38. The van der Waals surface area contributed by atoms with Gasteiger partial charge >= 0.3 is 0 Å². The Morgan fingerprint density at radius 3 is 2.60 bits per heavy atom. The molecule has 0 radical (unpaired) electrons. The molecule has 2 saturated carbocycles. The fraction of sp³-hybridized carbons (Fsp3) is 0.947. The third kappa shape index (κ3) is 4.01. The number of aliphatic hydroxyl groups excluding tert-OH is 1. The molecule has 4 rings (SSSR count). The number of aliphatic hydroxyl groups is 1. The molecule has 4 fully saturated rings. The summed E-state index contributed by atoms with van der Waals surface area (Å²) in [4.78, 5) is 0. The normalized spacial score (nSPS) is 50.4. The molecular weight excluding hydrogens is 334 g/mol. The third-order valence-electron chi connectivity index (χ3n) is 6.98. The van der Waals surface area contributed by atoms with Gasteiger partial charge in [-0.25, -0.2) is 0 Å². The fourth-order valence-corrected chi connectivity index (χ4v) is 6.30. The molecule has 0 aromatic heterocycles. The van der Waals surface area contributed by atoms with Crippen LogP contribution in [0.4, 0.5) is 0 Å². The summed E-state index contributed by atoms with van der Waals surface area (Å²) in [5, 5.41) is 26.2. The molecule has 2 aliphatic heterocycles. The molecule has 140 valence electrons. The minimum Gasteiger partial charge on any atom is -0.393 e. The molecule has 0 aromatic carbocycles. The zero-order valence-corrected chi connectivity index (χ0v) is 15.9. The van der Waals surface area contributed by atoms with Crippen molar-refractivity contribution in [3.8, 4) is 6.07 Å². The zero-order chi connectivity index (χ0) is 17.4. The van der Waals surface area contributed by atoms with Crippen LogP contribution in [-0.2, 0) is 4.74 Å². The van der Waals surface area contributed by atoms with Gasteiger partial charge < -0.3 is 9.84 Å². The number of ether oxygens (including phenoxy) is 1. The number of hydrogen-bond acceptors (Lipinski definition) is 6. The van der Waals surface area contributed by atoms with Crippen LogP contribution in [0, 0.1) is 28.6 Å². The second-order valence-electron chi connectivity index (χ2n) is 8.75. The van der Waals surface area contributed by atoms with Gasteiger partial charge in [0.1, 0.15) is 17.8 Å². The number of epoxide rings is 1. The number of hydrogen-bond donors (Lipinski definition) is 3. The fourth-order valence-electron chi connectivity index (χ4n) is 4.92. The van der Waals surface area contributed by atoms with Crippen molar-refractivity contribution in [2.45, 2.75) is 88.3 Å². The number of thioether (sulfide) groups is 1. The highest BCUT2D eigenvalue weighted by Gasteiger charge is 2.48. The largest absolute Gasteiger partial charge is 0.393 e. The van der Waals surface area contributed by atoms with E-state index in [0.29, 0.717) is 23.5 Å². The van der Waals surface area contributed by atoms with E-state index in [1.165, 1.54) is 0 Å². The predicted octanol–water partition coefficient (Wildman–Crippen LogP) is 2.56. The molecule has 4 aliphatic rings. The summed E-state index contributed by atoms with van der Waals surface area (Å²) < 4.78 is 5.93. The maximum Gasteiger partial charge on any atom is 0.137 e. The summed E-state index contributed by atoms with van der Waals surface area (Å²) in [5.74, 6) is 2.03. The molecule has 4 atom stereocenters. The Kier molecular flexibility index (Phi) is 5.32. The van der Waals surface area contributed by atoms with E-state index in [0.717, 1.165) is 57.1 Å². The lowest BCUT2D eigenvalue weighted by atomic mass is 9.70. The minimum atomic E-state index is -0.0900. The first-order valence-corrected chi connectivity index (χ1v) is 11.0. The number of rotatable bonds is 4. The van der Waals surface area contributed by atoms with Crippen molar-refractivity contribution >= 4 is 11.8 Å². The lowest BCUT2D eigenvalue weighted by Crippen LogP contribution is -2.49. The van der Waals surface area contributed by atoms with Gasteiger partial charge in [-0.1, -0.05) is 6.92 Å².